The minimum atomic E-state index is -0.472. The van der Waals surface area contributed by atoms with Crippen molar-refractivity contribution >= 4 is 23.6 Å². The van der Waals surface area contributed by atoms with Crippen LogP contribution in [-0.2, 0) is 4.79 Å². The summed E-state index contributed by atoms with van der Waals surface area (Å²) in [6.07, 6.45) is 2.21. The van der Waals surface area contributed by atoms with Crippen LogP contribution in [0.2, 0.25) is 0 Å². The van der Waals surface area contributed by atoms with Crippen LogP contribution in [0.25, 0.3) is 17.4 Å². The first-order chi connectivity index (χ1) is 16.7. The minimum absolute atomic E-state index is 0.0209. The van der Waals surface area contributed by atoms with E-state index in [1.165, 1.54) is 18.2 Å². The summed E-state index contributed by atoms with van der Waals surface area (Å²) in [7, 11) is 3.91. The lowest BCUT2D eigenvalue weighted by Crippen LogP contribution is -2.36. The molecule has 0 aliphatic heterocycles. The van der Waals surface area contributed by atoms with Crippen LogP contribution in [0.4, 0.5) is 5.69 Å². The molecule has 1 heterocycles. The number of hydrogen-bond acceptors (Lipinski definition) is 6. The SMILES string of the molecule is Cc1ccc(C(=O)N/C(=C\c2ccc(-c3ccc([N+](=O)[O-])cc3)o2)C(=O)NCCCN(C)C)cc1. The third-order valence-electron chi connectivity index (χ3n) is 5.15. The highest BCUT2D eigenvalue weighted by molar-refractivity contribution is 6.05. The Kier molecular flexibility index (Phi) is 8.53. The lowest BCUT2D eigenvalue weighted by molar-refractivity contribution is -0.384. The Bertz CT molecular complexity index is 1210. The van der Waals surface area contributed by atoms with E-state index in [1.807, 2.05) is 38.1 Å². The van der Waals surface area contributed by atoms with Crippen LogP contribution >= 0.6 is 0 Å². The Morgan fingerprint density at radius 3 is 2.34 bits per heavy atom. The van der Waals surface area contributed by atoms with Crippen molar-refractivity contribution in [1.29, 1.82) is 0 Å². The Morgan fingerprint density at radius 2 is 1.71 bits per heavy atom. The summed E-state index contributed by atoms with van der Waals surface area (Å²) >= 11 is 0. The van der Waals surface area contributed by atoms with E-state index in [2.05, 4.69) is 10.6 Å². The molecule has 0 fully saturated rings. The zero-order chi connectivity index (χ0) is 25.4. The van der Waals surface area contributed by atoms with Gasteiger partial charge < -0.3 is 20.0 Å². The van der Waals surface area contributed by atoms with Crippen molar-refractivity contribution in [1.82, 2.24) is 15.5 Å². The van der Waals surface area contributed by atoms with Crippen molar-refractivity contribution in [2.45, 2.75) is 13.3 Å². The summed E-state index contributed by atoms with van der Waals surface area (Å²) in [5, 5.41) is 16.4. The average Bonchev–Trinajstić information content (AvgIpc) is 3.30. The van der Waals surface area contributed by atoms with Gasteiger partial charge in [0.15, 0.2) is 0 Å². The first-order valence-electron chi connectivity index (χ1n) is 11.1. The normalized spacial score (nSPS) is 11.4. The number of furan rings is 1. The highest BCUT2D eigenvalue weighted by Gasteiger charge is 2.16. The number of amides is 2. The summed E-state index contributed by atoms with van der Waals surface area (Å²) in [4.78, 5) is 38.1. The van der Waals surface area contributed by atoms with Gasteiger partial charge in [-0.05, 0) is 70.4 Å². The van der Waals surface area contributed by atoms with Crippen molar-refractivity contribution in [2.24, 2.45) is 0 Å². The smallest absolute Gasteiger partial charge is 0.269 e. The van der Waals surface area contributed by atoms with Crippen molar-refractivity contribution in [3.05, 3.63) is 93.4 Å². The Labute approximate surface area is 203 Å². The Hall–Kier alpha value is -4.24. The van der Waals surface area contributed by atoms with Crippen LogP contribution in [0.1, 0.15) is 28.1 Å². The first-order valence-corrected chi connectivity index (χ1v) is 11.1. The van der Waals surface area contributed by atoms with Crippen LogP contribution in [-0.4, -0.2) is 48.8 Å². The van der Waals surface area contributed by atoms with Gasteiger partial charge in [-0.1, -0.05) is 17.7 Å². The molecule has 2 N–H and O–H groups in total. The molecular weight excluding hydrogens is 448 g/mol. The number of nitro benzene ring substituents is 1. The van der Waals surface area contributed by atoms with Crippen molar-refractivity contribution in [3.63, 3.8) is 0 Å². The largest absolute Gasteiger partial charge is 0.457 e. The fourth-order valence-corrected chi connectivity index (χ4v) is 3.23. The van der Waals surface area contributed by atoms with E-state index in [4.69, 9.17) is 4.42 Å². The molecule has 0 bridgehead atoms. The third kappa shape index (κ3) is 7.38. The van der Waals surface area contributed by atoms with Crippen molar-refractivity contribution < 1.29 is 18.9 Å². The maximum atomic E-state index is 12.9. The number of carbonyl (C=O) groups is 2. The molecule has 1 aromatic heterocycles. The number of carbonyl (C=O) groups excluding carboxylic acids is 2. The second kappa shape index (κ2) is 11.8. The van der Waals surface area contributed by atoms with Crippen molar-refractivity contribution in [3.8, 4) is 11.3 Å². The number of nitrogens with zero attached hydrogens (tertiary/aromatic N) is 2. The van der Waals surface area contributed by atoms with Crippen LogP contribution < -0.4 is 10.6 Å². The van der Waals surface area contributed by atoms with E-state index >= 15 is 0 Å². The maximum Gasteiger partial charge on any atom is 0.269 e. The molecule has 182 valence electrons. The first kappa shape index (κ1) is 25.4. The van der Waals surface area contributed by atoms with E-state index in [-0.39, 0.29) is 11.4 Å². The second-order valence-corrected chi connectivity index (χ2v) is 8.30. The zero-order valence-corrected chi connectivity index (χ0v) is 19.9. The number of nitro groups is 1. The van der Waals surface area contributed by atoms with E-state index < -0.39 is 16.7 Å². The zero-order valence-electron chi connectivity index (χ0n) is 19.9. The quantitative estimate of drug-likeness (QED) is 0.198. The third-order valence-corrected chi connectivity index (χ3v) is 5.15. The maximum absolute atomic E-state index is 12.9. The summed E-state index contributed by atoms with van der Waals surface area (Å²) in [6, 6.07) is 16.3. The summed E-state index contributed by atoms with van der Waals surface area (Å²) < 4.78 is 5.83. The lowest BCUT2D eigenvalue weighted by Gasteiger charge is -2.12. The molecule has 35 heavy (non-hydrogen) atoms. The molecule has 3 rings (SSSR count). The second-order valence-electron chi connectivity index (χ2n) is 8.30. The number of hydrogen-bond donors (Lipinski definition) is 2. The Balaban J connectivity index is 1.81. The number of aryl methyl sites for hydroxylation is 1. The molecular formula is C26H28N4O5. The molecule has 9 heteroatoms. The van der Waals surface area contributed by atoms with Gasteiger partial charge in [-0.3, -0.25) is 19.7 Å². The summed E-state index contributed by atoms with van der Waals surface area (Å²) in [5.41, 5.74) is 2.12. The minimum Gasteiger partial charge on any atom is -0.457 e. The van der Waals surface area contributed by atoms with Crippen molar-refractivity contribution in [2.75, 3.05) is 27.2 Å². The number of nitrogens with one attached hydrogen (secondary N) is 2. The molecule has 2 aromatic carbocycles. The van der Waals surface area contributed by atoms with Gasteiger partial charge in [0.05, 0.1) is 4.92 Å². The topological polar surface area (TPSA) is 118 Å². The van der Waals surface area contributed by atoms with Crippen LogP contribution in [0.5, 0.6) is 0 Å². The number of rotatable bonds is 10. The fraction of sp³-hybridized carbons (Fsp3) is 0.231. The van der Waals surface area contributed by atoms with Gasteiger partial charge in [0.1, 0.15) is 17.2 Å². The predicted molar refractivity (Wildman–Crippen MR) is 134 cm³/mol. The average molecular weight is 477 g/mol. The van der Waals surface area contributed by atoms with Crippen LogP contribution in [0.15, 0.2) is 70.8 Å². The lowest BCUT2D eigenvalue weighted by atomic mass is 10.1. The van der Waals surface area contributed by atoms with E-state index in [1.54, 1.807) is 36.4 Å². The standard InChI is InChI=1S/C26H28N4O5/c1-18-5-7-20(8-6-18)25(31)28-23(26(32)27-15-4-16-29(2)3)17-22-13-14-24(35-22)19-9-11-21(12-10-19)30(33)34/h5-14,17H,4,15-16H2,1-3H3,(H,27,32)(H,28,31)/b23-17-. The molecule has 0 radical (unpaired) electrons. The fourth-order valence-electron chi connectivity index (χ4n) is 3.23. The predicted octanol–water partition coefficient (Wildman–Crippen LogP) is 4.00. The van der Waals surface area contributed by atoms with E-state index in [0.29, 0.717) is 29.2 Å². The number of benzene rings is 2. The molecule has 0 unspecified atom stereocenters. The number of non-ortho nitro benzene ring substituents is 1. The molecule has 0 spiro atoms. The molecule has 0 saturated heterocycles. The van der Waals surface area contributed by atoms with Gasteiger partial charge >= 0.3 is 0 Å². The highest BCUT2D eigenvalue weighted by Crippen LogP contribution is 2.25. The Morgan fingerprint density at radius 1 is 1.03 bits per heavy atom. The monoisotopic (exact) mass is 476 g/mol. The summed E-state index contributed by atoms with van der Waals surface area (Å²) in [6.45, 7) is 3.18. The van der Waals surface area contributed by atoms with Gasteiger partial charge in [-0.15, -0.1) is 0 Å². The van der Waals surface area contributed by atoms with Gasteiger partial charge in [0.2, 0.25) is 0 Å². The molecule has 2 amide bonds. The molecule has 3 aromatic rings. The van der Waals surface area contributed by atoms with Gasteiger partial charge in [-0.25, -0.2) is 0 Å². The molecule has 0 atom stereocenters. The molecule has 9 nitrogen and oxygen atoms in total. The van der Waals surface area contributed by atoms with E-state index in [9.17, 15) is 19.7 Å². The molecule has 0 aliphatic rings. The van der Waals surface area contributed by atoms with Gasteiger partial charge in [0, 0.05) is 35.9 Å². The molecule has 0 aliphatic carbocycles. The van der Waals surface area contributed by atoms with Gasteiger partial charge in [-0.2, -0.15) is 0 Å². The molecule has 0 saturated carbocycles. The van der Waals surface area contributed by atoms with Crippen LogP contribution in [0, 0.1) is 17.0 Å². The highest BCUT2D eigenvalue weighted by atomic mass is 16.6. The van der Waals surface area contributed by atoms with E-state index in [0.717, 1.165) is 18.5 Å². The summed E-state index contributed by atoms with van der Waals surface area (Å²) in [5.74, 6) is -0.0258. The van der Waals surface area contributed by atoms with Crippen LogP contribution in [0.3, 0.4) is 0 Å². The van der Waals surface area contributed by atoms with Gasteiger partial charge in [0.25, 0.3) is 17.5 Å².